The van der Waals surface area contributed by atoms with Crippen molar-refractivity contribution in [3.63, 3.8) is 0 Å². The molecule has 0 aliphatic heterocycles. The predicted octanol–water partition coefficient (Wildman–Crippen LogP) is 7.62. The van der Waals surface area contributed by atoms with Gasteiger partial charge in [0.1, 0.15) is 0 Å². The first-order chi connectivity index (χ1) is 17.0. The summed E-state index contributed by atoms with van der Waals surface area (Å²) in [5, 5.41) is 0. The minimum absolute atomic E-state index is 0.945. The van der Waals surface area contributed by atoms with Gasteiger partial charge in [-0.1, -0.05) is 115 Å². The van der Waals surface area contributed by atoms with Crippen LogP contribution in [0.25, 0.3) is 11.1 Å². The molecule has 0 aliphatic carbocycles. The molecule has 0 spiro atoms. The van der Waals surface area contributed by atoms with Crippen LogP contribution in [-0.2, 0) is 26.2 Å². The molecule has 2 heteroatoms. The average molecular weight is 463 g/mol. The van der Waals surface area contributed by atoms with Crippen LogP contribution in [0.15, 0.2) is 97.1 Å². The molecule has 4 rings (SSSR count). The van der Waals surface area contributed by atoms with Crippen LogP contribution < -0.4 is 0 Å². The number of nitrogens with zero attached hydrogens (tertiary/aromatic N) is 2. The fourth-order valence-corrected chi connectivity index (χ4v) is 4.47. The van der Waals surface area contributed by atoms with Gasteiger partial charge >= 0.3 is 0 Å². The Labute approximate surface area is 211 Å². The van der Waals surface area contributed by atoms with E-state index in [0.717, 1.165) is 32.7 Å². The molecule has 0 saturated carbocycles. The molecule has 0 radical (unpaired) electrons. The molecule has 0 fully saturated rings. The Balaban J connectivity index is 1.32. The van der Waals surface area contributed by atoms with E-state index in [9.17, 15) is 0 Å². The van der Waals surface area contributed by atoms with Gasteiger partial charge < -0.3 is 0 Å². The van der Waals surface area contributed by atoms with E-state index in [1.165, 1.54) is 44.5 Å². The Morgan fingerprint density at radius 1 is 0.457 bits per heavy atom. The average Bonchev–Trinajstić information content (AvgIpc) is 2.87. The fourth-order valence-electron chi connectivity index (χ4n) is 4.47. The lowest BCUT2D eigenvalue weighted by Gasteiger charge is -2.21. The third-order valence-electron chi connectivity index (χ3n) is 6.65. The van der Waals surface area contributed by atoms with Gasteiger partial charge in [-0.2, -0.15) is 0 Å². The van der Waals surface area contributed by atoms with Crippen LogP contribution in [0.5, 0.6) is 0 Å². The van der Waals surface area contributed by atoms with Gasteiger partial charge in [0.05, 0.1) is 0 Å². The van der Waals surface area contributed by atoms with Crippen molar-refractivity contribution in [2.24, 2.45) is 0 Å². The van der Waals surface area contributed by atoms with Crippen molar-refractivity contribution >= 4 is 0 Å². The SMILES string of the molecule is CCN(Cc1ccc(C)cc1)Cc1ccc(-c2ccc(CN(C)Cc3ccc(C)cc3)cc2)cc1. The monoisotopic (exact) mass is 462 g/mol. The number of rotatable bonds is 10. The molecule has 4 aromatic rings. The first kappa shape index (κ1) is 24.9. The standard InChI is InChI=1S/C33H38N2/c1-5-35(24-30-12-8-27(3)9-13-30)25-31-16-20-33(21-17-31)32-18-14-29(15-19-32)23-34(4)22-28-10-6-26(2)7-11-28/h6-21H,5,22-25H2,1-4H3. The Morgan fingerprint density at radius 2 is 0.771 bits per heavy atom. The number of aryl methyl sites for hydroxylation is 2. The van der Waals surface area contributed by atoms with E-state index in [4.69, 9.17) is 0 Å². The molecule has 4 aromatic carbocycles. The highest BCUT2D eigenvalue weighted by molar-refractivity contribution is 5.64. The van der Waals surface area contributed by atoms with Gasteiger partial charge in [0, 0.05) is 26.2 Å². The third kappa shape index (κ3) is 7.39. The lowest BCUT2D eigenvalue weighted by molar-refractivity contribution is 0.271. The van der Waals surface area contributed by atoms with Crippen molar-refractivity contribution in [1.82, 2.24) is 9.80 Å². The number of hydrogen-bond acceptors (Lipinski definition) is 2. The second-order valence-corrected chi connectivity index (χ2v) is 9.84. The Hall–Kier alpha value is -3.20. The van der Waals surface area contributed by atoms with Crippen LogP contribution in [0.3, 0.4) is 0 Å². The van der Waals surface area contributed by atoms with Crippen LogP contribution in [-0.4, -0.2) is 23.4 Å². The molecule has 0 aliphatic rings. The van der Waals surface area contributed by atoms with E-state index in [2.05, 4.69) is 135 Å². The lowest BCUT2D eigenvalue weighted by atomic mass is 10.0. The van der Waals surface area contributed by atoms with Gasteiger partial charge in [-0.3, -0.25) is 9.80 Å². The maximum Gasteiger partial charge on any atom is 0.0237 e. The predicted molar refractivity (Wildman–Crippen MR) is 149 cm³/mol. The summed E-state index contributed by atoms with van der Waals surface area (Å²) in [5.41, 5.74) is 10.6. The molecule has 0 N–H and O–H groups in total. The van der Waals surface area contributed by atoms with Crippen molar-refractivity contribution in [2.45, 2.75) is 47.0 Å². The summed E-state index contributed by atoms with van der Waals surface area (Å²) in [4.78, 5) is 4.85. The van der Waals surface area contributed by atoms with Crippen molar-refractivity contribution in [1.29, 1.82) is 0 Å². The number of hydrogen-bond donors (Lipinski definition) is 0. The molecule has 0 saturated heterocycles. The molecule has 0 amide bonds. The molecule has 0 heterocycles. The van der Waals surface area contributed by atoms with Gasteiger partial charge in [0.2, 0.25) is 0 Å². The van der Waals surface area contributed by atoms with Crippen LogP contribution in [0.4, 0.5) is 0 Å². The highest BCUT2D eigenvalue weighted by Crippen LogP contribution is 2.22. The van der Waals surface area contributed by atoms with Gasteiger partial charge in [-0.15, -0.1) is 0 Å². The summed E-state index contributed by atoms with van der Waals surface area (Å²) in [7, 11) is 2.19. The molecular weight excluding hydrogens is 424 g/mol. The molecule has 0 atom stereocenters. The van der Waals surface area contributed by atoms with Gasteiger partial charge in [-0.25, -0.2) is 0 Å². The smallest absolute Gasteiger partial charge is 0.0237 e. The maximum absolute atomic E-state index is 2.49. The number of benzene rings is 4. The van der Waals surface area contributed by atoms with E-state index in [1.54, 1.807) is 0 Å². The van der Waals surface area contributed by atoms with E-state index in [0.29, 0.717) is 0 Å². The van der Waals surface area contributed by atoms with Crippen molar-refractivity contribution in [3.8, 4) is 11.1 Å². The van der Waals surface area contributed by atoms with E-state index < -0.39 is 0 Å². The first-order valence-electron chi connectivity index (χ1n) is 12.7. The Kier molecular flexibility index (Phi) is 8.52. The van der Waals surface area contributed by atoms with Crippen LogP contribution in [0.1, 0.15) is 40.3 Å². The second kappa shape index (κ2) is 12.0. The third-order valence-corrected chi connectivity index (χ3v) is 6.65. The van der Waals surface area contributed by atoms with Gasteiger partial charge in [-0.05, 0) is 60.8 Å². The lowest BCUT2D eigenvalue weighted by Crippen LogP contribution is -2.22. The molecule has 0 bridgehead atoms. The first-order valence-corrected chi connectivity index (χ1v) is 12.7. The largest absolute Gasteiger partial charge is 0.298 e. The van der Waals surface area contributed by atoms with E-state index in [1.807, 2.05) is 0 Å². The van der Waals surface area contributed by atoms with Crippen molar-refractivity contribution in [2.75, 3.05) is 13.6 Å². The molecule has 0 aromatic heterocycles. The fraction of sp³-hybridized carbons (Fsp3) is 0.273. The Bertz CT molecular complexity index is 1170. The zero-order valence-electron chi connectivity index (χ0n) is 21.7. The maximum atomic E-state index is 2.49. The molecule has 2 nitrogen and oxygen atoms in total. The van der Waals surface area contributed by atoms with Crippen molar-refractivity contribution in [3.05, 3.63) is 130 Å². The van der Waals surface area contributed by atoms with Crippen LogP contribution in [0.2, 0.25) is 0 Å². The molecule has 0 unspecified atom stereocenters. The summed E-state index contributed by atoms with van der Waals surface area (Å²) in [6.45, 7) is 11.4. The molecular formula is C33H38N2. The summed E-state index contributed by atoms with van der Waals surface area (Å²) < 4.78 is 0. The minimum atomic E-state index is 0.945. The molecule has 35 heavy (non-hydrogen) atoms. The van der Waals surface area contributed by atoms with Crippen molar-refractivity contribution < 1.29 is 0 Å². The zero-order chi connectivity index (χ0) is 24.6. The Morgan fingerprint density at radius 3 is 1.11 bits per heavy atom. The molecule has 180 valence electrons. The topological polar surface area (TPSA) is 6.48 Å². The van der Waals surface area contributed by atoms with Gasteiger partial charge in [0.15, 0.2) is 0 Å². The normalized spacial score (nSPS) is 11.4. The summed E-state index contributed by atoms with van der Waals surface area (Å²) >= 11 is 0. The van der Waals surface area contributed by atoms with Gasteiger partial charge in [0.25, 0.3) is 0 Å². The van der Waals surface area contributed by atoms with E-state index >= 15 is 0 Å². The minimum Gasteiger partial charge on any atom is -0.298 e. The quantitative estimate of drug-likeness (QED) is 0.239. The zero-order valence-corrected chi connectivity index (χ0v) is 21.7. The summed E-state index contributed by atoms with van der Waals surface area (Å²) in [6, 6.07) is 35.8. The summed E-state index contributed by atoms with van der Waals surface area (Å²) in [5.74, 6) is 0. The second-order valence-electron chi connectivity index (χ2n) is 9.84. The van der Waals surface area contributed by atoms with Crippen LogP contribution in [0, 0.1) is 13.8 Å². The summed E-state index contributed by atoms with van der Waals surface area (Å²) in [6.07, 6.45) is 0. The van der Waals surface area contributed by atoms with E-state index in [-0.39, 0.29) is 0 Å². The van der Waals surface area contributed by atoms with Crippen LogP contribution >= 0.6 is 0 Å². The highest BCUT2D eigenvalue weighted by Gasteiger charge is 2.07. The highest BCUT2D eigenvalue weighted by atomic mass is 15.1.